The van der Waals surface area contributed by atoms with E-state index in [1.54, 1.807) is 34.5 Å². The molecule has 6 heteroatoms. The number of ketones is 1. The van der Waals surface area contributed by atoms with E-state index in [0.29, 0.717) is 40.5 Å². The maximum atomic E-state index is 14.6. The molecule has 41 heavy (non-hydrogen) atoms. The minimum absolute atomic E-state index is 0.107. The van der Waals surface area contributed by atoms with Gasteiger partial charge in [-0.05, 0) is 41.5 Å². The number of benzene rings is 4. The number of rotatable bonds is 8. The first kappa shape index (κ1) is 27.8. The first-order valence-corrected chi connectivity index (χ1v) is 13.3. The minimum atomic E-state index is -1.21. The van der Waals surface area contributed by atoms with Crippen LogP contribution in [0.25, 0.3) is 0 Å². The molecule has 4 aromatic rings. The van der Waals surface area contributed by atoms with Crippen LogP contribution < -0.4 is 18.9 Å². The van der Waals surface area contributed by atoms with Crippen molar-refractivity contribution in [3.8, 4) is 34.8 Å². The van der Waals surface area contributed by atoms with Crippen molar-refractivity contribution in [3.63, 3.8) is 0 Å². The molecular weight excluding hydrogens is 516 g/mol. The van der Waals surface area contributed by atoms with Crippen molar-refractivity contribution >= 4 is 5.78 Å². The Bertz CT molecular complexity index is 1570. The summed E-state index contributed by atoms with van der Waals surface area (Å²) in [5, 5.41) is 0. The summed E-state index contributed by atoms with van der Waals surface area (Å²) in [6.45, 7) is 0. The summed E-state index contributed by atoms with van der Waals surface area (Å²) < 4.78 is 28.7. The highest BCUT2D eigenvalue weighted by Gasteiger charge is 2.54. The average Bonchev–Trinajstić information content (AvgIpc) is 3.44. The molecular formula is C35H32O6. The first-order chi connectivity index (χ1) is 20.0. The fourth-order valence-electron chi connectivity index (χ4n) is 5.30. The van der Waals surface area contributed by atoms with Gasteiger partial charge in [0.2, 0.25) is 0 Å². The Labute approximate surface area is 240 Å². The zero-order valence-electron chi connectivity index (χ0n) is 23.5. The zero-order chi connectivity index (χ0) is 28.8. The monoisotopic (exact) mass is 548 g/mol. The van der Waals surface area contributed by atoms with Crippen LogP contribution in [0.2, 0.25) is 0 Å². The summed E-state index contributed by atoms with van der Waals surface area (Å²) in [7, 11) is 6.35. The molecule has 1 aliphatic rings. The Kier molecular flexibility index (Phi) is 8.28. The van der Waals surface area contributed by atoms with Crippen molar-refractivity contribution in [2.45, 2.75) is 18.6 Å². The number of Topliss-reactive ketones (excluding diaryl/α,β-unsaturated/α-hetero) is 1. The molecule has 208 valence electrons. The fourth-order valence-corrected chi connectivity index (χ4v) is 5.30. The second-order valence-electron chi connectivity index (χ2n) is 9.72. The van der Waals surface area contributed by atoms with E-state index in [9.17, 15) is 4.79 Å². The molecule has 0 saturated carbocycles. The predicted molar refractivity (Wildman–Crippen MR) is 157 cm³/mol. The molecule has 0 amide bonds. The van der Waals surface area contributed by atoms with Crippen molar-refractivity contribution in [1.29, 1.82) is 0 Å². The lowest BCUT2D eigenvalue weighted by atomic mass is 9.71. The van der Waals surface area contributed by atoms with E-state index < -0.39 is 11.5 Å². The van der Waals surface area contributed by atoms with Crippen LogP contribution in [-0.2, 0) is 4.74 Å². The van der Waals surface area contributed by atoms with Gasteiger partial charge in [0.15, 0.2) is 28.8 Å². The van der Waals surface area contributed by atoms with Crippen LogP contribution in [0, 0.1) is 17.3 Å². The largest absolute Gasteiger partial charge is 0.493 e. The number of carbonyl (C=O) groups is 1. The van der Waals surface area contributed by atoms with Gasteiger partial charge in [0, 0.05) is 17.5 Å². The first-order valence-electron chi connectivity index (χ1n) is 13.3. The molecule has 1 saturated heterocycles. The van der Waals surface area contributed by atoms with Gasteiger partial charge in [-0.25, -0.2) is 0 Å². The predicted octanol–water partition coefficient (Wildman–Crippen LogP) is 6.84. The van der Waals surface area contributed by atoms with Gasteiger partial charge in [-0.3, -0.25) is 4.79 Å². The second-order valence-corrected chi connectivity index (χ2v) is 9.72. The molecule has 0 bridgehead atoms. The Morgan fingerprint density at radius 2 is 1.29 bits per heavy atom. The van der Waals surface area contributed by atoms with Crippen LogP contribution in [0.15, 0.2) is 97.1 Å². The lowest BCUT2D eigenvalue weighted by Gasteiger charge is -2.28. The van der Waals surface area contributed by atoms with Gasteiger partial charge in [0.05, 0.1) is 34.5 Å². The van der Waals surface area contributed by atoms with Crippen molar-refractivity contribution in [3.05, 3.63) is 119 Å². The lowest BCUT2D eigenvalue weighted by molar-refractivity contribution is 0.0222. The van der Waals surface area contributed by atoms with Crippen LogP contribution in [-0.4, -0.2) is 34.2 Å². The summed E-state index contributed by atoms with van der Waals surface area (Å²) in [6.07, 6.45) is -0.682. The van der Waals surface area contributed by atoms with Gasteiger partial charge in [0.1, 0.15) is 11.5 Å². The molecule has 4 aromatic carbocycles. The summed E-state index contributed by atoms with van der Waals surface area (Å²) >= 11 is 0. The molecule has 0 N–H and O–H groups in total. The Hall–Kier alpha value is -4.73. The fraction of sp³-hybridized carbons (Fsp3) is 0.229. The van der Waals surface area contributed by atoms with E-state index in [-0.39, 0.29) is 11.9 Å². The van der Waals surface area contributed by atoms with Gasteiger partial charge < -0.3 is 23.7 Å². The van der Waals surface area contributed by atoms with Crippen LogP contribution in [0.1, 0.15) is 45.7 Å². The lowest BCUT2D eigenvalue weighted by Crippen LogP contribution is -2.33. The highest BCUT2D eigenvalue weighted by molar-refractivity contribution is 6.03. The highest BCUT2D eigenvalue weighted by atomic mass is 16.5. The summed E-state index contributed by atoms with van der Waals surface area (Å²) in [5.74, 6) is 8.89. The molecule has 1 fully saturated rings. The molecule has 5 rings (SSSR count). The number of hydrogen-bond acceptors (Lipinski definition) is 6. The molecule has 6 nitrogen and oxygen atoms in total. The quantitative estimate of drug-likeness (QED) is 0.177. The molecule has 0 spiro atoms. The zero-order valence-corrected chi connectivity index (χ0v) is 23.5. The number of carbonyl (C=O) groups excluding carboxylic acids is 1. The van der Waals surface area contributed by atoms with Crippen LogP contribution in [0.4, 0.5) is 0 Å². The minimum Gasteiger partial charge on any atom is -0.493 e. The highest BCUT2D eigenvalue weighted by Crippen LogP contribution is 2.55. The van der Waals surface area contributed by atoms with E-state index in [2.05, 4.69) is 11.8 Å². The average molecular weight is 549 g/mol. The van der Waals surface area contributed by atoms with Crippen LogP contribution in [0.5, 0.6) is 23.0 Å². The second kappa shape index (κ2) is 12.2. The van der Waals surface area contributed by atoms with Crippen molar-refractivity contribution in [1.82, 2.24) is 0 Å². The number of methoxy groups -OCH3 is 4. The molecule has 0 aromatic heterocycles. The summed E-state index contributed by atoms with van der Waals surface area (Å²) in [6, 6.07) is 30.3. The normalized spacial score (nSPS) is 19.5. The van der Waals surface area contributed by atoms with E-state index in [0.717, 1.165) is 11.1 Å². The SMILES string of the molecule is COc1ccc(C#C[C@@]2(C(=O)c3ccccc3)C[C@H](c3ccccc3)O[C@H]2c2ccc(OC)c(OC)c2)cc1OC. The van der Waals surface area contributed by atoms with Gasteiger partial charge >= 0.3 is 0 Å². The van der Waals surface area contributed by atoms with Crippen molar-refractivity contribution in [2.24, 2.45) is 5.41 Å². The third-order valence-electron chi connectivity index (χ3n) is 7.39. The molecule has 1 aliphatic heterocycles. The Balaban J connectivity index is 1.71. The van der Waals surface area contributed by atoms with E-state index in [1.165, 1.54) is 0 Å². The Morgan fingerprint density at radius 1 is 0.707 bits per heavy atom. The van der Waals surface area contributed by atoms with Crippen molar-refractivity contribution in [2.75, 3.05) is 28.4 Å². The van der Waals surface area contributed by atoms with Gasteiger partial charge in [-0.2, -0.15) is 0 Å². The number of hydrogen-bond donors (Lipinski definition) is 0. The topological polar surface area (TPSA) is 63.2 Å². The maximum Gasteiger partial charge on any atom is 0.184 e. The van der Waals surface area contributed by atoms with Crippen LogP contribution in [0.3, 0.4) is 0 Å². The van der Waals surface area contributed by atoms with Crippen LogP contribution >= 0.6 is 0 Å². The molecule has 0 radical (unpaired) electrons. The van der Waals surface area contributed by atoms with Gasteiger partial charge in [0.25, 0.3) is 0 Å². The Morgan fingerprint density at radius 3 is 1.93 bits per heavy atom. The summed E-state index contributed by atoms with van der Waals surface area (Å²) in [5.41, 5.74) is 1.80. The molecule has 0 aliphatic carbocycles. The maximum absolute atomic E-state index is 14.6. The van der Waals surface area contributed by atoms with E-state index >= 15 is 0 Å². The third kappa shape index (κ3) is 5.50. The van der Waals surface area contributed by atoms with Crippen molar-refractivity contribution < 1.29 is 28.5 Å². The van der Waals surface area contributed by atoms with Gasteiger partial charge in [-0.15, -0.1) is 0 Å². The van der Waals surface area contributed by atoms with Gasteiger partial charge in [-0.1, -0.05) is 78.6 Å². The third-order valence-corrected chi connectivity index (χ3v) is 7.39. The molecule has 3 atom stereocenters. The summed E-state index contributed by atoms with van der Waals surface area (Å²) in [4.78, 5) is 14.6. The van der Waals surface area contributed by atoms with E-state index in [1.807, 2.05) is 91.0 Å². The number of ether oxygens (including phenoxy) is 5. The standard InChI is InChI=1S/C35H32O6/c1-37-28-17-15-24(21-30(28)39-3)19-20-35(33(36)26-13-9-6-10-14-26)23-32(25-11-7-5-8-12-25)41-34(35)27-16-18-29(38-2)31(22-27)40-4/h5-18,21-22,32,34H,23H2,1-4H3/t32-,34+,35+/m1/s1. The van der Waals surface area contributed by atoms with E-state index in [4.69, 9.17) is 23.7 Å². The molecule has 1 heterocycles. The smallest absolute Gasteiger partial charge is 0.184 e. The molecule has 0 unspecified atom stereocenters.